The highest BCUT2D eigenvalue weighted by Gasteiger charge is 2.20. The zero-order valence-corrected chi connectivity index (χ0v) is 19.4. The van der Waals surface area contributed by atoms with E-state index >= 15 is 0 Å². The molecule has 6 nitrogen and oxygen atoms in total. The highest BCUT2D eigenvalue weighted by Crippen LogP contribution is 2.42. The SMILES string of the molecule is COc1ccc(-c2nc3n[nH]c(-c4ccccc4)c3c3cc(OC)c(OC)cc23)cc1Br. The summed E-state index contributed by atoms with van der Waals surface area (Å²) in [5, 5.41) is 10.6. The van der Waals surface area contributed by atoms with Gasteiger partial charge in [-0.15, -0.1) is 0 Å². The largest absolute Gasteiger partial charge is 0.496 e. The standard InChI is InChI=1S/C25H20BrN3O3/c1-30-19-10-9-15(11-18(19)26)23-17-13-21(32-3)20(31-2)12-16(17)22-24(28-29-25(22)27-23)14-7-5-4-6-8-14/h4-13H,1-3H3,(H,27,28,29). The summed E-state index contributed by atoms with van der Waals surface area (Å²) in [6.45, 7) is 0. The van der Waals surface area contributed by atoms with Crippen molar-refractivity contribution in [2.75, 3.05) is 21.3 Å². The van der Waals surface area contributed by atoms with Crippen molar-refractivity contribution in [2.24, 2.45) is 0 Å². The van der Waals surface area contributed by atoms with E-state index in [9.17, 15) is 0 Å². The molecule has 0 amide bonds. The van der Waals surface area contributed by atoms with Gasteiger partial charge < -0.3 is 14.2 Å². The van der Waals surface area contributed by atoms with Gasteiger partial charge in [-0.25, -0.2) is 4.98 Å². The fraction of sp³-hybridized carbons (Fsp3) is 0.120. The summed E-state index contributed by atoms with van der Waals surface area (Å²) in [7, 11) is 4.91. The average molecular weight is 490 g/mol. The lowest BCUT2D eigenvalue weighted by atomic mass is 9.98. The van der Waals surface area contributed by atoms with E-state index in [4.69, 9.17) is 19.2 Å². The number of methoxy groups -OCH3 is 3. The van der Waals surface area contributed by atoms with Crippen molar-refractivity contribution in [3.63, 3.8) is 0 Å². The summed E-state index contributed by atoms with van der Waals surface area (Å²) in [6, 6.07) is 19.9. The lowest BCUT2D eigenvalue weighted by molar-refractivity contribution is 0.356. The summed E-state index contributed by atoms with van der Waals surface area (Å²) in [4.78, 5) is 4.95. The molecule has 32 heavy (non-hydrogen) atoms. The van der Waals surface area contributed by atoms with Crippen LogP contribution in [0.25, 0.3) is 44.3 Å². The number of H-pyrrole nitrogens is 1. The lowest BCUT2D eigenvalue weighted by Gasteiger charge is -2.14. The highest BCUT2D eigenvalue weighted by molar-refractivity contribution is 9.10. The van der Waals surface area contributed by atoms with Crippen molar-refractivity contribution in [3.05, 3.63) is 65.1 Å². The number of nitrogens with one attached hydrogen (secondary N) is 1. The Kier molecular flexibility index (Phi) is 5.19. The molecule has 0 atom stereocenters. The molecular weight excluding hydrogens is 470 g/mol. The number of fused-ring (bicyclic) bond motifs is 3. The Hall–Kier alpha value is -3.58. The summed E-state index contributed by atoms with van der Waals surface area (Å²) >= 11 is 3.58. The smallest absolute Gasteiger partial charge is 0.182 e. The number of pyridine rings is 1. The fourth-order valence-electron chi connectivity index (χ4n) is 3.96. The Morgan fingerprint density at radius 1 is 0.750 bits per heavy atom. The number of aromatic amines is 1. The Balaban J connectivity index is 1.88. The van der Waals surface area contributed by atoms with Crippen molar-refractivity contribution < 1.29 is 14.2 Å². The first kappa shape index (κ1) is 20.3. The molecule has 1 N–H and O–H groups in total. The Morgan fingerprint density at radius 3 is 2.09 bits per heavy atom. The minimum Gasteiger partial charge on any atom is -0.496 e. The normalized spacial score (nSPS) is 11.1. The first-order valence-corrected chi connectivity index (χ1v) is 10.8. The molecule has 0 fully saturated rings. The molecule has 2 heterocycles. The zero-order valence-electron chi connectivity index (χ0n) is 17.8. The zero-order chi connectivity index (χ0) is 22.2. The highest BCUT2D eigenvalue weighted by atomic mass is 79.9. The monoisotopic (exact) mass is 489 g/mol. The number of ether oxygens (including phenoxy) is 3. The van der Waals surface area contributed by atoms with E-state index in [0.29, 0.717) is 17.1 Å². The Morgan fingerprint density at radius 2 is 1.44 bits per heavy atom. The van der Waals surface area contributed by atoms with Gasteiger partial charge in [-0.05, 0) is 46.3 Å². The lowest BCUT2D eigenvalue weighted by Crippen LogP contribution is -1.95. The predicted molar refractivity (Wildman–Crippen MR) is 130 cm³/mol. The van der Waals surface area contributed by atoms with Crippen LogP contribution in [0.1, 0.15) is 0 Å². The van der Waals surface area contributed by atoms with E-state index in [1.54, 1.807) is 21.3 Å². The summed E-state index contributed by atoms with van der Waals surface area (Å²) in [5.74, 6) is 2.04. The van der Waals surface area contributed by atoms with Gasteiger partial charge >= 0.3 is 0 Å². The van der Waals surface area contributed by atoms with Crippen LogP contribution in [0.2, 0.25) is 0 Å². The van der Waals surface area contributed by atoms with Gasteiger partial charge in [0, 0.05) is 21.9 Å². The second kappa shape index (κ2) is 8.16. The minimum atomic E-state index is 0.630. The van der Waals surface area contributed by atoms with Crippen LogP contribution < -0.4 is 14.2 Å². The summed E-state index contributed by atoms with van der Waals surface area (Å²) in [5.41, 5.74) is 4.30. The number of nitrogens with zero attached hydrogens (tertiary/aromatic N) is 2. The van der Waals surface area contributed by atoms with Crippen LogP contribution in [0.3, 0.4) is 0 Å². The van der Waals surface area contributed by atoms with Gasteiger partial charge in [0.2, 0.25) is 0 Å². The van der Waals surface area contributed by atoms with E-state index in [1.165, 1.54) is 0 Å². The van der Waals surface area contributed by atoms with Gasteiger partial charge in [0.25, 0.3) is 0 Å². The average Bonchev–Trinajstić information content (AvgIpc) is 3.27. The first-order valence-electron chi connectivity index (χ1n) is 9.97. The number of benzene rings is 3. The molecule has 7 heteroatoms. The van der Waals surface area contributed by atoms with Crippen LogP contribution in [0.15, 0.2) is 65.1 Å². The van der Waals surface area contributed by atoms with E-state index in [0.717, 1.165) is 48.9 Å². The topological polar surface area (TPSA) is 69.3 Å². The quantitative estimate of drug-likeness (QED) is 0.316. The predicted octanol–water partition coefficient (Wildman–Crippen LogP) is 6.23. The Bertz CT molecular complexity index is 1450. The number of hydrogen-bond acceptors (Lipinski definition) is 5. The molecule has 0 aliphatic rings. The number of aromatic nitrogens is 3. The molecule has 0 spiro atoms. The number of halogens is 1. The molecular formula is C25H20BrN3O3. The molecule has 0 radical (unpaired) electrons. The molecule has 0 aliphatic carbocycles. The third-order valence-electron chi connectivity index (χ3n) is 5.50. The molecule has 5 rings (SSSR count). The molecule has 0 bridgehead atoms. The molecule has 160 valence electrons. The number of hydrogen-bond donors (Lipinski definition) is 1. The van der Waals surface area contributed by atoms with E-state index in [1.807, 2.05) is 60.7 Å². The maximum absolute atomic E-state index is 5.61. The van der Waals surface area contributed by atoms with Crippen LogP contribution >= 0.6 is 15.9 Å². The van der Waals surface area contributed by atoms with Crippen LogP contribution in [-0.4, -0.2) is 36.5 Å². The molecule has 3 aromatic carbocycles. The van der Waals surface area contributed by atoms with Crippen molar-refractivity contribution in [1.29, 1.82) is 0 Å². The molecule has 0 unspecified atom stereocenters. The van der Waals surface area contributed by atoms with Crippen LogP contribution in [0, 0.1) is 0 Å². The van der Waals surface area contributed by atoms with E-state index < -0.39 is 0 Å². The van der Waals surface area contributed by atoms with Crippen molar-refractivity contribution >= 4 is 37.7 Å². The second-order valence-corrected chi connectivity index (χ2v) is 8.08. The van der Waals surface area contributed by atoms with E-state index in [2.05, 4.69) is 26.1 Å². The van der Waals surface area contributed by atoms with Crippen LogP contribution in [0.4, 0.5) is 0 Å². The third-order valence-corrected chi connectivity index (χ3v) is 6.12. The Labute approximate surface area is 193 Å². The van der Waals surface area contributed by atoms with Gasteiger partial charge in [0.1, 0.15) is 5.75 Å². The minimum absolute atomic E-state index is 0.630. The van der Waals surface area contributed by atoms with Crippen molar-refractivity contribution in [1.82, 2.24) is 15.2 Å². The third kappa shape index (κ3) is 3.26. The second-order valence-electron chi connectivity index (χ2n) is 7.23. The molecule has 5 aromatic rings. The van der Waals surface area contributed by atoms with Crippen LogP contribution in [-0.2, 0) is 0 Å². The first-order chi connectivity index (χ1) is 15.6. The number of rotatable bonds is 5. The van der Waals surface area contributed by atoms with Crippen molar-refractivity contribution in [2.45, 2.75) is 0 Å². The van der Waals surface area contributed by atoms with Crippen molar-refractivity contribution in [3.8, 4) is 39.8 Å². The maximum atomic E-state index is 5.61. The van der Waals surface area contributed by atoms with E-state index in [-0.39, 0.29) is 0 Å². The molecule has 0 saturated carbocycles. The fourth-order valence-corrected chi connectivity index (χ4v) is 4.50. The van der Waals surface area contributed by atoms with Gasteiger partial charge in [0.05, 0.1) is 42.6 Å². The molecule has 0 aliphatic heterocycles. The summed E-state index contributed by atoms with van der Waals surface area (Å²) < 4.78 is 17.4. The van der Waals surface area contributed by atoms with Gasteiger partial charge in [-0.1, -0.05) is 30.3 Å². The summed E-state index contributed by atoms with van der Waals surface area (Å²) in [6.07, 6.45) is 0. The maximum Gasteiger partial charge on any atom is 0.182 e. The molecule has 2 aromatic heterocycles. The van der Waals surface area contributed by atoms with Gasteiger partial charge in [-0.3, -0.25) is 5.10 Å². The molecule has 0 saturated heterocycles. The van der Waals surface area contributed by atoms with Gasteiger partial charge in [-0.2, -0.15) is 5.10 Å². The van der Waals surface area contributed by atoms with Crippen LogP contribution in [0.5, 0.6) is 17.2 Å². The van der Waals surface area contributed by atoms with Gasteiger partial charge in [0.15, 0.2) is 17.1 Å².